The summed E-state index contributed by atoms with van der Waals surface area (Å²) in [6.07, 6.45) is 4.92. The number of aromatic nitrogens is 1. The van der Waals surface area contributed by atoms with Crippen LogP contribution >= 0.6 is 0 Å². The molecule has 2 aromatic carbocycles. The Morgan fingerprint density at radius 3 is 2.78 bits per heavy atom. The van der Waals surface area contributed by atoms with Crippen molar-refractivity contribution in [3.8, 4) is 11.5 Å². The van der Waals surface area contributed by atoms with Crippen LogP contribution in [0, 0.1) is 0 Å². The number of hydrogen-bond donors (Lipinski definition) is 2. The van der Waals surface area contributed by atoms with E-state index < -0.39 is 0 Å². The lowest BCUT2D eigenvalue weighted by Gasteiger charge is -2.10. The molecule has 23 heavy (non-hydrogen) atoms. The van der Waals surface area contributed by atoms with Crippen LogP contribution in [0.1, 0.15) is 32.6 Å². The van der Waals surface area contributed by atoms with Gasteiger partial charge in [-0.25, -0.2) is 4.98 Å². The van der Waals surface area contributed by atoms with Gasteiger partial charge in [-0.05, 0) is 36.8 Å². The molecule has 1 heterocycles. The molecule has 0 fully saturated rings. The molecule has 0 aliphatic rings. The lowest BCUT2D eigenvalue weighted by molar-refractivity contribution is 0.620. The molecule has 0 atom stereocenters. The van der Waals surface area contributed by atoms with Gasteiger partial charge in [-0.2, -0.15) is 0 Å². The summed E-state index contributed by atoms with van der Waals surface area (Å²) in [5.74, 6) is 0.625. The first-order valence-corrected chi connectivity index (χ1v) is 8.27. The Bertz CT molecular complexity index is 746. The number of nitrogens with two attached hydrogens (primary N) is 1. The first kappa shape index (κ1) is 15.4. The Labute approximate surface area is 136 Å². The molecule has 0 unspecified atom stereocenters. The Morgan fingerprint density at radius 2 is 1.96 bits per heavy atom. The summed E-state index contributed by atoms with van der Waals surface area (Å²) in [6.45, 7) is 3.15. The monoisotopic (exact) mass is 309 g/mol. The fourth-order valence-corrected chi connectivity index (χ4v) is 2.61. The standard InChI is InChI=1S/C19H23N3O/c1-2-3-4-7-12-21-17-13-14(10-11-15(17)20)19-22-16-8-5-6-9-18(16)23-19/h5-6,8-11,13,21H,2-4,7,12,20H2,1H3. The lowest BCUT2D eigenvalue weighted by atomic mass is 10.1. The van der Waals surface area contributed by atoms with Crippen LogP contribution in [-0.2, 0) is 0 Å². The van der Waals surface area contributed by atoms with Gasteiger partial charge in [0.2, 0.25) is 5.89 Å². The lowest BCUT2D eigenvalue weighted by Crippen LogP contribution is -2.04. The number of nitrogen functional groups attached to an aromatic ring is 1. The first-order chi connectivity index (χ1) is 11.3. The number of hydrogen-bond acceptors (Lipinski definition) is 4. The van der Waals surface area contributed by atoms with Crippen molar-refractivity contribution in [2.75, 3.05) is 17.6 Å². The van der Waals surface area contributed by atoms with Gasteiger partial charge in [0.25, 0.3) is 0 Å². The minimum atomic E-state index is 0.625. The molecule has 3 rings (SSSR count). The largest absolute Gasteiger partial charge is 0.436 e. The minimum Gasteiger partial charge on any atom is -0.436 e. The molecule has 0 aliphatic carbocycles. The third kappa shape index (κ3) is 3.65. The van der Waals surface area contributed by atoms with Gasteiger partial charge in [-0.3, -0.25) is 0 Å². The van der Waals surface area contributed by atoms with Crippen LogP contribution in [0.2, 0.25) is 0 Å². The van der Waals surface area contributed by atoms with Crippen LogP contribution in [0.4, 0.5) is 11.4 Å². The molecule has 4 nitrogen and oxygen atoms in total. The molecule has 1 aromatic heterocycles. The number of anilines is 2. The Hall–Kier alpha value is -2.49. The number of rotatable bonds is 7. The van der Waals surface area contributed by atoms with Crippen molar-refractivity contribution in [1.29, 1.82) is 0 Å². The highest BCUT2D eigenvalue weighted by molar-refractivity contribution is 5.78. The number of fused-ring (bicyclic) bond motifs is 1. The maximum atomic E-state index is 6.07. The average Bonchev–Trinajstić information content (AvgIpc) is 3.00. The van der Waals surface area contributed by atoms with Crippen LogP contribution in [0.5, 0.6) is 0 Å². The molecule has 0 saturated carbocycles. The molecular formula is C19H23N3O. The zero-order valence-electron chi connectivity index (χ0n) is 13.5. The second-order valence-corrected chi connectivity index (χ2v) is 5.78. The van der Waals surface area contributed by atoms with Gasteiger partial charge in [0, 0.05) is 12.1 Å². The van der Waals surface area contributed by atoms with E-state index in [9.17, 15) is 0 Å². The van der Waals surface area contributed by atoms with E-state index >= 15 is 0 Å². The third-order valence-corrected chi connectivity index (χ3v) is 3.94. The van der Waals surface area contributed by atoms with Crippen LogP contribution in [0.3, 0.4) is 0 Å². The average molecular weight is 309 g/mol. The Kier molecular flexibility index (Phi) is 4.81. The smallest absolute Gasteiger partial charge is 0.227 e. The minimum absolute atomic E-state index is 0.625. The van der Waals surface area contributed by atoms with Crippen LogP contribution in [0.15, 0.2) is 46.9 Å². The van der Waals surface area contributed by atoms with Crippen molar-refractivity contribution in [3.63, 3.8) is 0 Å². The van der Waals surface area contributed by atoms with Crippen molar-refractivity contribution >= 4 is 22.5 Å². The number of benzene rings is 2. The highest BCUT2D eigenvalue weighted by Gasteiger charge is 2.09. The SMILES string of the molecule is CCCCCCNc1cc(-c2nc3ccccc3o2)ccc1N. The maximum absolute atomic E-state index is 6.07. The van der Waals surface area contributed by atoms with E-state index in [0.717, 1.165) is 41.0 Å². The first-order valence-electron chi connectivity index (χ1n) is 8.27. The number of nitrogens with one attached hydrogen (secondary N) is 1. The number of oxazole rings is 1. The van der Waals surface area contributed by atoms with Gasteiger partial charge < -0.3 is 15.5 Å². The zero-order valence-corrected chi connectivity index (χ0v) is 13.5. The predicted octanol–water partition coefficient (Wildman–Crippen LogP) is 5.07. The number of unbranched alkanes of at least 4 members (excludes halogenated alkanes) is 3. The van der Waals surface area contributed by atoms with Crippen molar-refractivity contribution < 1.29 is 4.42 Å². The molecular weight excluding hydrogens is 286 g/mol. The van der Waals surface area contributed by atoms with Gasteiger partial charge in [0.05, 0.1) is 11.4 Å². The summed E-state index contributed by atoms with van der Waals surface area (Å²) in [6, 6.07) is 13.6. The fraction of sp³-hybridized carbons (Fsp3) is 0.316. The molecule has 0 spiro atoms. The molecule has 3 N–H and O–H groups in total. The van der Waals surface area contributed by atoms with Crippen molar-refractivity contribution in [2.45, 2.75) is 32.6 Å². The zero-order chi connectivity index (χ0) is 16.1. The highest BCUT2D eigenvalue weighted by Crippen LogP contribution is 2.29. The quantitative estimate of drug-likeness (QED) is 0.472. The van der Waals surface area contributed by atoms with Crippen LogP contribution in [0.25, 0.3) is 22.6 Å². The summed E-state index contributed by atoms with van der Waals surface area (Å²) in [5, 5.41) is 3.42. The number of nitrogens with zero attached hydrogens (tertiary/aromatic N) is 1. The second-order valence-electron chi connectivity index (χ2n) is 5.78. The molecule has 0 bridgehead atoms. The number of para-hydroxylation sites is 2. The van der Waals surface area contributed by atoms with Crippen molar-refractivity contribution in [3.05, 3.63) is 42.5 Å². The summed E-state index contributed by atoms with van der Waals surface area (Å²) >= 11 is 0. The molecule has 0 saturated heterocycles. The second kappa shape index (κ2) is 7.18. The van der Waals surface area contributed by atoms with E-state index in [1.165, 1.54) is 19.3 Å². The summed E-state index contributed by atoms with van der Waals surface area (Å²) < 4.78 is 5.83. The molecule has 0 aliphatic heterocycles. The molecule has 4 heteroatoms. The topological polar surface area (TPSA) is 64.1 Å². The third-order valence-electron chi connectivity index (χ3n) is 3.94. The highest BCUT2D eigenvalue weighted by atomic mass is 16.3. The molecule has 3 aromatic rings. The molecule has 0 radical (unpaired) electrons. The fourth-order valence-electron chi connectivity index (χ4n) is 2.61. The normalized spacial score (nSPS) is 11.0. The van der Waals surface area contributed by atoms with Crippen molar-refractivity contribution in [2.24, 2.45) is 0 Å². The Balaban J connectivity index is 1.76. The van der Waals surface area contributed by atoms with Crippen LogP contribution in [-0.4, -0.2) is 11.5 Å². The van der Waals surface area contributed by atoms with E-state index in [1.54, 1.807) is 0 Å². The van der Waals surface area contributed by atoms with E-state index in [2.05, 4.69) is 17.2 Å². The van der Waals surface area contributed by atoms with E-state index in [-0.39, 0.29) is 0 Å². The summed E-state index contributed by atoms with van der Waals surface area (Å²) in [4.78, 5) is 4.54. The maximum Gasteiger partial charge on any atom is 0.227 e. The predicted molar refractivity (Wildman–Crippen MR) is 96.5 cm³/mol. The van der Waals surface area contributed by atoms with Gasteiger partial charge >= 0.3 is 0 Å². The van der Waals surface area contributed by atoms with Gasteiger partial charge in [-0.1, -0.05) is 38.3 Å². The Morgan fingerprint density at radius 1 is 1.09 bits per heavy atom. The summed E-state index contributed by atoms with van der Waals surface area (Å²) in [5.41, 5.74) is 10.4. The van der Waals surface area contributed by atoms with Gasteiger partial charge in [0.1, 0.15) is 5.52 Å². The van der Waals surface area contributed by atoms with Gasteiger partial charge in [-0.15, -0.1) is 0 Å². The molecule has 0 amide bonds. The summed E-state index contributed by atoms with van der Waals surface area (Å²) in [7, 11) is 0. The van der Waals surface area contributed by atoms with E-state index in [4.69, 9.17) is 10.2 Å². The van der Waals surface area contributed by atoms with E-state index in [1.807, 2.05) is 42.5 Å². The van der Waals surface area contributed by atoms with E-state index in [0.29, 0.717) is 5.89 Å². The molecule has 120 valence electrons. The van der Waals surface area contributed by atoms with Crippen LogP contribution < -0.4 is 11.1 Å². The van der Waals surface area contributed by atoms with Gasteiger partial charge in [0.15, 0.2) is 5.58 Å². The van der Waals surface area contributed by atoms with Crippen molar-refractivity contribution in [1.82, 2.24) is 4.98 Å².